The second kappa shape index (κ2) is 4.23. The number of aromatic nitrogens is 1. The molecule has 1 heterocycles. The Morgan fingerprint density at radius 2 is 2.38 bits per heavy atom. The molecule has 0 aromatic carbocycles. The molecule has 0 aliphatic carbocycles. The van der Waals surface area contributed by atoms with Crippen molar-refractivity contribution in [1.29, 1.82) is 0 Å². The van der Waals surface area contributed by atoms with Crippen molar-refractivity contribution in [2.75, 3.05) is 6.61 Å². The van der Waals surface area contributed by atoms with Crippen molar-refractivity contribution in [3.8, 4) is 0 Å². The molecule has 0 saturated carbocycles. The number of rotatable bonds is 3. The minimum Gasteiger partial charge on any atom is -0.462 e. The minimum atomic E-state index is -0.545. The van der Waals surface area contributed by atoms with Crippen LogP contribution >= 0.6 is 11.5 Å². The molecule has 1 rings (SSSR count). The molecule has 0 saturated heterocycles. The summed E-state index contributed by atoms with van der Waals surface area (Å²) in [5.74, 6) is -0.266. The van der Waals surface area contributed by atoms with Crippen molar-refractivity contribution in [3.63, 3.8) is 0 Å². The van der Waals surface area contributed by atoms with E-state index in [2.05, 4.69) is 4.37 Å². The predicted octanol–water partition coefficient (Wildman–Crippen LogP) is 1.25. The molecule has 0 radical (unpaired) electrons. The van der Waals surface area contributed by atoms with E-state index in [1.165, 1.54) is 5.38 Å². The lowest BCUT2D eigenvalue weighted by Gasteiger charge is -2.04. The summed E-state index contributed by atoms with van der Waals surface area (Å²) in [5.41, 5.74) is -0.288. The summed E-state index contributed by atoms with van der Waals surface area (Å²) in [6, 6.07) is 0. The quantitative estimate of drug-likeness (QED) is 0.749. The molecule has 1 aromatic rings. The molecule has 1 N–H and O–H groups in total. The normalized spacial score (nSPS) is 10.4. The summed E-state index contributed by atoms with van der Waals surface area (Å²) in [4.78, 5) is 22.2. The fourth-order valence-electron chi connectivity index (χ4n) is 0.711. The maximum Gasteiger partial charge on any atom is 0.344 e. The van der Waals surface area contributed by atoms with Gasteiger partial charge in [0.2, 0.25) is 0 Å². The molecule has 0 amide bonds. The van der Waals surface area contributed by atoms with E-state index in [1.807, 2.05) is 13.8 Å². The lowest BCUT2D eigenvalue weighted by molar-refractivity contribution is 0.0458. The number of carbonyl (C=O) groups excluding carboxylic acids is 1. The summed E-state index contributed by atoms with van der Waals surface area (Å²) < 4.78 is 7.30. The minimum absolute atomic E-state index is 0.0886. The van der Waals surface area contributed by atoms with Crippen LogP contribution in [0, 0.1) is 5.92 Å². The van der Waals surface area contributed by atoms with E-state index in [0.29, 0.717) is 6.61 Å². The van der Waals surface area contributed by atoms with E-state index in [-0.39, 0.29) is 17.0 Å². The van der Waals surface area contributed by atoms with Gasteiger partial charge in [0.15, 0.2) is 0 Å². The third kappa shape index (κ3) is 2.69. The van der Waals surface area contributed by atoms with Crippen LogP contribution < -0.4 is 5.56 Å². The Morgan fingerprint density at radius 1 is 1.69 bits per heavy atom. The van der Waals surface area contributed by atoms with Crippen molar-refractivity contribution in [2.45, 2.75) is 13.8 Å². The zero-order valence-electron chi connectivity index (χ0n) is 7.49. The Balaban J connectivity index is 2.60. The maximum atomic E-state index is 11.2. The molecule has 1 aromatic heterocycles. The van der Waals surface area contributed by atoms with Crippen LogP contribution in [0.4, 0.5) is 0 Å². The number of H-pyrrole nitrogens is 1. The molecule has 0 aliphatic rings. The molecule has 72 valence electrons. The molecule has 0 unspecified atom stereocenters. The first-order valence-corrected chi connectivity index (χ1v) is 4.82. The molecule has 0 atom stereocenters. The second-order valence-electron chi connectivity index (χ2n) is 3.07. The second-order valence-corrected chi connectivity index (χ2v) is 3.75. The van der Waals surface area contributed by atoms with Crippen molar-refractivity contribution < 1.29 is 9.53 Å². The largest absolute Gasteiger partial charge is 0.462 e. The molecule has 13 heavy (non-hydrogen) atoms. The third-order valence-corrected chi connectivity index (χ3v) is 2.00. The van der Waals surface area contributed by atoms with E-state index in [0.717, 1.165) is 11.5 Å². The molecule has 0 aliphatic heterocycles. The van der Waals surface area contributed by atoms with Crippen LogP contribution in [0.3, 0.4) is 0 Å². The summed E-state index contributed by atoms with van der Waals surface area (Å²) in [6.45, 7) is 4.21. The van der Waals surface area contributed by atoms with Gasteiger partial charge in [0.05, 0.1) is 6.61 Å². The Labute approximate surface area is 79.7 Å². The van der Waals surface area contributed by atoms with E-state index in [1.54, 1.807) is 0 Å². The zero-order valence-corrected chi connectivity index (χ0v) is 8.31. The monoisotopic (exact) mass is 201 g/mol. The number of nitrogens with one attached hydrogen (secondary N) is 1. The van der Waals surface area contributed by atoms with Gasteiger partial charge < -0.3 is 4.74 Å². The van der Waals surface area contributed by atoms with E-state index in [9.17, 15) is 9.59 Å². The van der Waals surface area contributed by atoms with Gasteiger partial charge in [-0.25, -0.2) is 4.79 Å². The molecular formula is C8H11NO3S. The third-order valence-electron chi connectivity index (χ3n) is 1.34. The molecule has 5 heteroatoms. The molecule has 0 spiro atoms. The molecule has 0 bridgehead atoms. The number of ether oxygens (including phenoxy) is 1. The van der Waals surface area contributed by atoms with Crippen LogP contribution in [0.25, 0.3) is 0 Å². The number of hydrogen-bond donors (Lipinski definition) is 1. The summed E-state index contributed by atoms with van der Waals surface area (Å²) >= 11 is 1.09. The lowest BCUT2D eigenvalue weighted by atomic mass is 10.2. The molecule has 4 nitrogen and oxygen atoms in total. The highest BCUT2D eigenvalue weighted by Gasteiger charge is 2.12. The van der Waals surface area contributed by atoms with Gasteiger partial charge in [-0.2, -0.15) is 0 Å². The Morgan fingerprint density at radius 3 is 2.85 bits per heavy atom. The van der Waals surface area contributed by atoms with Crippen molar-refractivity contribution in [3.05, 3.63) is 21.3 Å². The molecular weight excluding hydrogens is 190 g/mol. The fourth-order valence-corrected chi connectivity index (χ4v) is 1.31. The van der Waals surface area contributed by atoms with Crippen LogP contribution in [0.5, 0.6) is 0 Å². The van der Waals surface area contributed by atoms with E-state index in [4.69, 9.17) is 4.74 Å². The maximum absolute atomic E-state index is 11.2. The first-order valence-electron chi connectivity index (χ1n) is 3.94. The standard InChI is InChI=1S/C8H11NO3S/c1-5(2)3-12-8(11)6-4-13-9-7(6)10/h4-5H,3H2,1-2H3,(H,9,10). The van der Waals surface area contributed by atoms with Crippen molar-refractivity contribution >= 4 is 17.5 Å². The Bertz CT molecular complexity index is 339. The van der Waals surface area contributed by atoms with Crippen molar-refractivity contribution in [1.82, 2.24) is 4.37 Å². The Kier molecular flexibility index (Phi) is 3.25. The van der Waals surface area contributed by atoms with E-state index < -0.39 is 5.97 Å². The average molecular weight is 201 g/mol. The van der Waals surface area contributed by atoms with Gasteiger partial charge in [-0.05, 0) is 5.92 Å². The van der Waals surface area contributed by atoms with Crippen LogP contribution in [0.2, 0.25) is 0 Å². The molecule has 0 fully saturated rings. The number of esters is 1. The Hall–Kier alpha value is -1.10. The van der Waals surface area contributed by atoms with Crippen LogP contribution in [0.1, 0.15) is 24.2 Å². The summed E-state index contributed by atoms with van der Waals surface area (Å²) in [5, 5.41) is 1.46. The summed E-state index contributed by atoms with van der Waals surface area (Å²) in [7, 11) is 0. The van der Waals surface area contributed by atoms with Gasteiger partial charge in [-0.15, -0.1) is 0 Å². The first-order chi connectivity index (χ1) is 6.11. The van der Waals surface area contributed by atoms with Gasteiger partial charge in [0.25, 0.3) is 5.56 Å². The van der Waals surface area contributed by atoms with Gasteiger partial charge >= 0.3 is 5.97 Å². The summed E-state index contributed by atoms with van der Waals surface area (Å²) in [6.07, 6.45) is 0. The smallest absolute Gasteiger partial charge is 0.344 e. The topological polar surface area (TPSA) is 59.2 Å². The van der Waals surface area contributed by atoms with E-state index >= 15 is 0 Å². The van der Waals surface area contributed by atoms with Crippen molar-refractivity contribution in [2.24, 2.45) is 5.92 Å². The SMILES string of the molecule is CC(C)COC(=O)c1cs[nH]c1=O. The first kappa shape index (κ1) is 9.98. The average Bonchev–Trinajstić information content (AvgIpc) is 2.47. The van der Waals surface area contributed by atoms with Gasteiger partial charge in [-0.3, -0.25) is 9.17 Å². The van der Waals surface area contributed by atoms with Gasteiger partial charge in [0.1, 0.15) is 5.56 Å². The van der Waals surface area contributed by atoms with Gasteiger partial charge in [0, 0.05) is 5.38 Å². The highest BCUT2D eigenvalue weighted by atomic mass is 32.1. The van der Waals surface area contributed by atoms with Gasteiger partial charge in [-0.1, -0.05) is 25.4 Å². The zero-order chi connectivity index (χ0) is 9.84. The fraction of sp³-hybridized carbons (Fsp3) is 0.500. The predicted molar refractivity (Wildman–Crippen MR) is 50.1 cm³/mol. The highest BCUT2D eigenvalue weighted by molar-refractivity contribution is 7.03. The lowest BCUT2D eigenvalue weighted by Crippen LogP contribution is -2.16. The number of hydrogen-bond acceptors (Lipinski definition) is 4. The van der Waals surface area contributed by atoms with Crippen LogP contribution in [-0.2, 0) is 4.74 Å². The highest BCUT2D eigenvalue weighted by Crippen LogP contribution is 2.00. The van der Waals surface area contributed by atoms with Crippen LogP contribution in [-0.4, -0.2) is 16.9 Å². The van der Waals surface area contributed by atoms with Crippen LogP contribution in [0.15, 0.2) is 10.2 Å². The number of carbonyl (C=O) groups is 1. The number of aromatic amines is 1.